The fraction of sp³-hybridized carbons (Fsp3) is 0.467. The summed E-state index contributed by atoms with van der Waals surface area (Å²) in [6.45, 7) is 2.43. The highest BCUT2D eigenvalue weighted by Gasteiger charge is 2.16. The standard InChI is InChI=1S/C15H19N3O4S/c19-14(10-3-4-12-13(8-10)22-7-6-21-12)17-18-15(23)16-9-11-2-1-5-20-11/h3-4,8,11H,1-2,5-7,9H2,(H,17,19)(H2,16,18,23). The number of hydrogen-bond acceptors (Lipinski definition) is 5. The van der Waals surface area contributed by atoms with Crippen molar-refractivity contribution in [2.75, 3.05) is 26.4 Å². The van der Waals surface area contributed by atoms with Crippen LogP contribution < -0.4 is 25.6 Å². The summed E-state index contributed by atoms with van der Waals surface area (Å²) < 4.78 is 16.4. The normalized spacial score (nSPS) is 19.0. The summed E-state index contributed by atoms with van der Waals surface area (Å²) in [4.78, 5) is 12.1. The average Bonchev–Trinajstić information content (AvgIpc) is 3.11. The third-order valence-electron chi connectivity index (χ3n) is 3.61. The summed E-state index contributed by atoms with van der Waals surface area (Å²) in [6, 6.07) is 5.04. The van der Waals surface area contributed by atoms with E-state index in [2.05, 4.69) is 16.2 Å². The first-order chi connectivity index (χ1) is 11.2. The molecule has 23 heavy (non-hydrogen) atoms. The van der Waals surface area contributed by atoms with E-state index in [1.165, 1.54) is 0 Å². The first-order valence-corrected chi connectivity index (χ1v) is 7.98. The minimum atomic E-state index is -0.303. The Kier molecular flexibility index (Phi) is 5.14. The van der Waals surface area contributed by atoms with Crippen LogP contribution >= 0.6 is 12.2 Å². The number of thiocarbonyl (C=S) groups is 1. The number of benzene rings is 1. The van der Waals surface area contributed by atoms with Gasteiger partial charge in [0.05, 0.1) is 6.10 Å². The Balaban J connectivity index is 1.46. The topological polar surface area (TPSA) is 80.9 Å². The molecule has 7 nitrogen and oxygen atoms in total. The van der Waals surface area contributed by atoms with Gasteiger partial charge in [-0.1, -0.05) is 0 Å². The van der Waals surface area contributed by atoms with Crippen LogP contribution in [0.25, 0.3) is 0 Å². The fourth-order valence-electron chi connectivity index (χ4n) is 2.43. The van der Waals surface area contributed by atoms with Gasteiger partial charge in [0.15, 0.2) is 16.6 Å². The Bertz CT molecular complexity index is 590. The van der Waals surface area contributed by atoms with E-state index < -0.39 is 0 Å². The van der Waals surface area contributed by atoms with Crippen molar-refractivity contribution in [2.24, 2.45) is 0 Å². The van der Waals surface area contributed by atoms with Crippen molar-refractivity contribution in [3.63, 3.8) is 0 Å². The third-order valence-corrected chi connectivity index (χ3v) is 3.85. The Morgan fingerprint density at radius 3 is 2.78 bits per heavy atom. The molecule has 124 valence electrons. The molecule has 1 fully saturated rings. The van der Waals surface area contributed by atoms with E-state index in [0.717, 1.165) is 19.4 Å². The molecule has 2 aliphatic heterocycles. The molecule has 0 aliphatic carbocycles. The first kappa shape index (κ1) is 15.8. The van der Waals surface area contributed by atoms with E-state index in [1.807, 2.05) is 0 Å². The molecule has 0 saturated carbocycles. The van der Waals surface area contributed by atoms with Gasteiger partial charge in [-0.05, 0) is 43.3 Å². The molecule has 3 N–H and O–H groups in total. The molecule has 2 heterocycles. The second-order valence-electron chi connectivity index (χ2n) is 5.28. The van der Waals surface area contributed by atoms with E-state index in [1.54, 1.807) is 18.2 Å². The highest BCUT2D eigenvalue weighted by atomic mass is 32.1. The van der Waals surface area contributed by atoms with Crippen molar-refractivity contribution in [2.45, 2.75) is 18.9 Å². The molecule has 0 bridgehead atoms. The van der Waals surface area contributed by atoms with Gasteiger partial charge in [0.1, 0.15) is 13.2 Å². The zero-order valence-electron chi connectivity index (χ0n) is 12.6. The number of amides is 1. The molecule has 8 heteroatoms. The number of fused-ring (bicyclic) bond motifs is 1. The van der Waals surface area contributed by atoms with Crippen LogP contribution in [-0.2, 0) is 4.74 Å². The summed E-state index contributed by atoms with van der Waals surface area (Å²) in [6.07, 6.45) is 2.29. The predicted octanol–water partition coefficient (Wildman–Crippen LogP) is 0.746. The molecule has 3 rings (SSSR count). The maximum Gasteiger partial charge on any atom is 0.269 e. The lowest BCUT2D eigenvalue weighted by Crippen LogP contribution is -2.48. The molecular formula is C15H19N3O4S. The van der Waals surface area contributed by atoms with Gasteiger partial charge >= 0.3 is 0 Å². The van der Waals surface area contributed by atoms with E-state index in [9.17, 15) is 4.79 Å². The van der Waals surface area contributed by atoms with Crippen molar-refractivity contribution in [3.8, 4) is 11.5 Å². The lowest BCUT2D eigenvalue weighted by atomic mass is 10.2. The molecule has 0 spiro atoms. The van der Waals surface area contributed by atoms with Crippen molar-refractivity contribution in [1.29, 1.82) is 0 Å². The Hall–Kier alpha value is -2.06. The van der Waals surface area contributed by atoms with Gasteiger partial charge in [0.25, 0.3) is 5.91 Å². The van der Waals surface area contributed by atoms with Crippen molar-refractivity contribution in [3.05, 3.63) is 23.8 Å². The third kappa shape index (κ3) is 4.23. The molecular weight excluding hydrogens is 318 g/mol. The van der Waals surface area contributed by atoms with Crippen molar-refractivity contribution < 1.29 is 19.0 Å². The van der Waals surface area contributed by atoms with Crippen LogP contribution in [-0.4, -0.2) is 43.5 Å². The highest BCUT2D eigenvalue weighted by molar-refractivity contribution is 7.80. The number of hydrogen-bond donors (Lipinski definition) is 3. The van der Waals surface area contributed by atoms with Gasteiger partial charge in [0, 0.05) is 18.7 Å². The molecule has 2 aliphatic rings. The van der Waals surface area contributed by atoms with Gasteiger partial charge in [-0.3, -0.25) is 15.6 Å². The molecule has 1 atom stereocenters. The maximum atomic E-state index is 12.1. The summed E-state index contributed by atoms with van der Waals surface area (Å²) in [7, 11) is 0. The van der Waals surface area contributed by atoms with Crippen LogP contribution in [0.3, 0.4) is 0 Å². The second kappa shape index (κ2) is 7.47. The van der Waals surface area contributed by atoms with Crippen LogP contribution in [0.15, 0.2) is 18.2 Å². The lowest BCUT2D eigenvalue weighted by Gasteiger charge is -2.19. The van der Waals surface area contributed by atoms with E-state index in [0.29, 0.717) is 41.9 Å². The Morgan fingerprint density at radius 1 is 1.17 bits per heavy atom. The fourth-order valence-corrected chi connectivity index (χ4v) is 2.56. The minimum absolute atomic E-state index is 0.184. The largest absolute Gasteiger partial charge is 0.486 e. The van der Waals surface area contributed by atoms with Gasteiger partial charge < -0.3 is 19.5 Å². The van der Waals surface area contributed by atoms with Crippen LogP contribution in [0.2, 0.25) is 0 Å². The number of carbonyl (C=O) groups excluding carboxylic acids is 1. The van der Waals surface area contributed by atoms with E-state index in [4.69, 9.17) is 26.4 Å². The number of ether oxygens (including phenoxy) is 3. The Labute approximate surface area is 139 Å². The minimum Gasteiger partial charge on any atom is -0.486 e. The molecule has 0 radical (unpaired) electrons. The summed E-state index contributed by atoms with van der Waals surface area (Å²) in [5.74, 6) is 0.917. The molecule has 1 amide bonds. The molecule has 0 aromatic heterocycles. The SMILES string of the molecule is O=C(NNC(=S)NCC1CCCO1)c1ccc2c(c1)OCCO2. The zero-order chi connectivity index (χ0) is 16.1. The van der Waals surface area contributed by atoms with Crippen molar-refractivity contribution in [1.82, 2.24) is 16.2 Å². The van der Waals surface area contributed by atoms with Crippen LogP contribution in [0.4, 0.5) is 0 Å². The van der Waals surface area contributed by atoms with Gasteiger partial charge in [-0.15, -0.1) is 0 Å². The molecule has 1 unspecified atom stereocenters. The van der Waals surface area contributed by atoms with Crippen LogP contribution in [0, 0.1) is 0 Å². The Morgan fingerprint density at radius 2 is 2.00 bits per heavy atom. The monoisotopic (exact) mass is 337 g/mol. The van der Waals surface area contributed by atoms with E-state index >= 15 is 0 Å². The number of nitrogens with one attached hydrogen (secondary N) is 3. The summed E-state index contributed by atoms with van der Waals surface area (Å²) in [5.41, 5.74) is 5.69. The number of rotatable bonds is 3. The van der Waals surface area contributed by atoms with Crippen molar-refractivity contribution >= 4 is 23.2 Å². The first-order valence-electron chi connectivity index (χ1n) is 7.58. The van der Waals surface area contributed by atoms with Crippen LogP contribution in [0.1, 0.15) is 23.2 Å². The van der Waals surface area contributed by atoms with Gasteiger partial charge in [0.2, 0.25) is 0 Å². The quantitative estimate of drug-likeness (QED) is 0.555. The molecule has 1 saturated heterocycles. The predicted molar refractivity (Wildman–Crippen MR) is 87.6 cm³/mol. The smallest absolute Gasteiger partial charge is 0.269 e. The molecule has 1 aromatic carbocycles. The number of hydrazine groups is 1. The van der Waals surface area contributed by atoms with Gasteiger partial charge in [-0.2, -0.15) is 0 Å². The summed E-state index contributed by atoms with van der Waals surface area (Å²) >= 11 is 5.12. The molecule has 1 aromatic rings. The van der Waals surface area contributed by atoms with Gasteiger partial charge in [-0.25, -0.2) is 0 Å². The number of carbonyl (C=O) groups is 1. The average molecular weight is 337 g/mol. The van der Waals surface area contributed by atoms with E-state index in [-0.39, 0.29) is 12.0 Å². The second-order valence-corrected chi connectivity index (χ2v) is 5.69. The van der Waals surface area contributed by atoms with Crippen LogP contribution in [0.5, 0.6) is 11.5 Å². The summed E-state index contributed by atoms with van der Waals surface area (Å²) in [5, 5.41) is 3.37. The zero-order valence-corrected chi connectivity index (χ0v) is 13.4. The highest BCUT2D eigenvalue weighted by Crippen LogP contribution is 2.30. The maximum absolute atomic E-state index is 12.1. The lowest BCUT2D eigenvalue weighted by molar-refractivity contribution is 0.0942.